The summed E-state index contributed by atoms with van der Waals surface area (Å²) in [4.78, 5) is 4.50. The van der Waals surface area contributed by atoms with Crippen LogP contribution in [0.3, 0.4) is 0 Å². The molecule has 1 unspecified atom stereocenters. The second-order valence-electron chi connectivity index (χ2n) is 6.00. The minimum Gasteiger partial charge on any atom is -0.381 e. The Hall–Kier alpha value is -0.900. The first-order chi connectivity index (χ1) is 12.1. The molecule has 1 fully saturated rings. The van der Waals surface area contributed by atoms with Crippen molar-refractivity contribution in [1.29, 1.82) is 0 Å². The van der Waals surface area contributed by atoms with Gasteiger partial charge in [0.15, 0.2) is 5.96 Å². The van der Waals surface area contributed by atoms with Crippen LogP contribution < -0.4 is 15.4 Å². The fraction of sp³-hybridized carbons (Fsp3) is 0.938. The summed E-state index contributed by atoms with van der Waals surface area (Å²) in [7, 11) is -3.11. The standard InChI is InChI=1S/C16H34N4O4S/c1-3-17-16(18-8-5-10-20-25(21,22)4-2)19-9-6-11-23-13-15-7-12-24-14-15/h15,20H,3-14H2,1-2H3,(H2,17,18,19). The quantitative estimate of drug-likeness (QED) is 0.242. The summed E-state index contributed by atoms with van der Waals surface area (Å²) in [6.07, 6.45) is 2.68. The lowest BCUT2D eigenvalue weighted by Crippen LogP contribution is -2.39. The molecule has 0 radical (unpaired) electrons. The normalized spacial score (nSPS) is 18.5. The lowest BCUT2D eigenvalue weighted by Gasteiger charge is -2.12. The van der Waals surface area contributed by atoms with E-state index in [1.54, 1.807) is 6.92 Å². The molecule has 0 aromatic heterocycles. The van der Waals surface area contributed by atoms with Crippen LogP contribution in [0.5, 0.6) is 0 Å². The average Bonchev–Trinajstić information content (AvgIpc) is 3.10. The van der Waals surface area contributed by atoms with Crippen LogP contribution in [0, 0.1) is 5.92 Å². The average molecular weight is 379 g/mol. The molecule has 0 aliphatic carbocycles. The second-order valence-corrected chi connectivity index (χ2v) is 8.09. The number of nitrogens with one attached hydrogen (secondary N) is 3. The number of hydrogen-bond acceptors (Lipinski definition) is 5. The summed E-state index contributed by atoms with van der Waals surface area (Å²) in [5.41, 5.74) is 0. The molecule has 0 saturated carbocycles. The molecule has 1 atom stereocenters. The number of nitrogens with zero attached hydrogens (tertiary/aromatic N) is 1. The molecule has 0 spiro atoms. The highest BCUT2D eigenvalue weighted by atomic mass is 32.2. The first-order valence-electron chi connectivity index (χ1n) is 9.22. The Kier molecular flexibility index (Phi) is 11.8. The van der Waals surface area contributed by atoms with Gasteiger partial charge in [0.1, 0.15) is 0 Å². The van der Waals surface area contributed by atoms with Crippen molar-refractivity contribution in [3.05, 3.63) is 0 Å². The summed E-state index contributed by atoms with van der Waals surface area (Å²) < 4.78 is 36.2. The van der Waals surface area contributed by atoms with Crippen molar-refractivity contribution in [2.45, 2.75) is 33.1 Å². The number of sulfonamides is 1. The Morgan fingerprint density at radius 1 is 1.24 bits per heavy atom. The van der Waals surface area contributed by atoms with Gasteiger partial charge in [0.2, 0.25) is 10.0 Å². The highest BCUT2D eigenvalue weighted by Gasteiger charge is 2.15. The Labute approximate surface area is 152 Å². The van der Waals surface area contributed by atoms with E-state index in [0.717, 1.165) is 45.2 Å². The van der Waals surface area contributed by atoms with Gasteiger partial charge in [-0.3, -0.25) is 4.99 Å². The highest BCUT2D eigenvalue weighted by Crippen LogP contribution is 2.12. The van der Waals surface area contributed by atoms with Crippen molar-refractivity contribution in [2.24, 2.45) is 10.9 Å². The van der Waals surface area contributed by atoms with Gasteiger partial charge >= 0.3 is 0 Å². The maximum Gasteiger partial charge on any atom is 0.211 e. The number of guanidine groups is 1. The molecule has 0 bridgehead atoms. The first kappa shape index (κ1) is 22.1. The third-order valence-corrected chi connectivity index (χ3v) is 5.19. The van der Waals surface area contributed by atoms with Crippen molar-refractivity contribution in [2.75, 3.05) is 58.4 Å². The molecule has 1 saturated heterocycles. The fourth-order valence-corrected chi connectivity index (χ4v) is 2.95. The van der Waals surface area contributed by atoms with Gasteiger partial charge in [-0.15, -0.1) is 0 Å². The summed E-state index contributed by atoms with van der Waals surface area (Å²) in [5, 5.41) is 6.39. The maximum absolute atomic E-state index is 11.3. The van der Waals surface area contributed by atoms with Crippen LogP contribution >= 0.6 is 0 Å². The van der Waals surface area contributed by atoms with Crippen molar-refractivity contribution < 1.29 is 17.9 Å². The summed E-state index contributed by atoms with van der Waals surface area (Å²) in [5.74, 6) is 1.41. The van der Waals surface area contributed by atoms with Gasteiger partial charge in [0.05, 0.1) is 19.0 Å². The first-order valence-corrected chi connectivity index (χ1v) is 10.9. The van der Waals surface area contributed by atoms with Crippen molar-refractivity contribution >= 4 is 16.0 Å². The molecule has 8 nitrogen and oxygen atoms in total. The predicted octanol–water partition coefficient (Wildman–Crippen LogP) is 0.314. The fourth-order valence-electron chi connectivity index (χ4n) is 2.29. The second kappa shape index (κ2) is 13.3. The monoisotopic (exact) mass is 378 g/mol. The SMILES string of the molecule is CCNC(=NCCCOCC1CCOC1)NCCCNS(=O)(=O)CC. The lowest BCUT2D eigenvalue weighted by molar-refractivity contribution is 0.0893. The van der Waals surface area contributed by atoms with Gasteiger partial charge < -0.3 is 20.1 Å². The third-order valence-electron chi connectivity index (χ3n) is 3.79. The van der Waals surface area contributed by atoms with E-state index in [1.807, 2.05) is 6.92 Å². The Morgan fingerprint density at radius 3 is 2.76 bits per heavy atom. The minimum atomic E-state index is -3.11. The topological polar surface area (TPSA) is 101 Å². The van der Waals surface area contributed by atoms with Crippen LogP contribution in [0.15, 0.2) is 4.99 Å². The van der Waals surface area contributed by atoms with Crippen molar-refractivity contribution in [1.82, 2.24) is 15.4 Å². The molecule has 0 aromatic rings. The van der Waals surface area contributed by atoms with E-state index in [2.05, 4.69) is 20.3 Å². The number of hydrogen-bond donors (Lipinski definition) is 3. The van der Waals surface area contributed by atoms with Gasteiger partial charge in [-0.25, -0.2) is 13.1 Å². The summed E-state index contributed by atoms with van der Waals surface area (Å²) in [6, 6.07) is 0. The molecule has 1 aliphatic heterocycles. The van der Waals surface area contributed by atoms with Crippen LogP contribution in [-0.4, -0.2) is 72.7 Å². The van der Waals surface area contributed by atoms with Crippen molar-refractivity contribution in [3.63, 3.8) is 0 Å². The molecule has 0 amide bonds. The molecular formula is C16H34N4O4S. The molecule has 1 aliphatic rings. The van der Waals surface area contributed by atoms with Gasteiger partial charge in [0.25, 0.3) is 0 Å². The van der Waals surface area contributed by atoms with E-state index in [1.165, 1.54) is 0 Å². The summed E-state index contributed by atoms with van der Waals surface area (Å²) >= 11 is 0. The van der Waals surface area contributed by atoms with Gasteiger partial charge in [0, 0.05) is 45.3 Å². The number of aliphatic imine (C=N–C) groups is 1. The van der Waals surface area contributed by atoms with Gasteiger partial charge in [-0.1, -0.05) is 0 Å². The van der Waals surface area contributed by atoms with Crippen LogP contribution in [0.2, 0.25) is 0 Å². The van der Waals surface area contributed by atoms with Crippen LogP contribution in [0.25, 0.3) is 0 Å². The van der Waals surface area contributed by atoms with Gasteiger partial charge in [-0.05, 0) is 33.1 Å². The van der Waals surface area contributed by atoms with Crippen LogP contribution in [0.1, 0.15) is 33.1 Å². The Balaban J connectivity index is 2.09. The smallest absolute Gasteiger partial charge is 0.211 e. The van der Waals surface area contributed by atoms with E-state index in [0.29, 0.717) is 38.6 Å². The Bertz CT molecular complexity index is 465. The van der Waals surface area contributed by atoms with E-state index in [9.17, 15) is 8.42 Å². The predicted molar refractivity (Wildman–Crippen MR) is 100 cm³/mol. The minimum absolute atomic E-state index is 0.111. The zero-order valence-corrected chi connectivity index (χ0v) is 16.4. The maximum atomic E-state index is 11.3. The molecule has 0 aromatic carbocycles. The molecule has 1 rings (SSSR count). The molecular weight excluding hydrogens is 344 g/mol. The number of rotatable bonds is 13. The molecule has 148 valence electrons. The van der Waals surface area contributed by atoms with E-state index >= 15 is 0 Å². The largest absolute Gasteiger partial charge is 0.381 e. The molecule has 1 heterocycles. The van der Waals surface area contributed by atoms with Crippen LogP contribution in [0.4, 0.5) is 0 Å². The molecule has 3 N–H and O–H groups in total. The van der Waals surface area contributed by atoms with Crippen LogP contribution in [-0.2, 0) is 19.5 Å². The van der Waals surface area contributed by atoms with E-state index in [-0.39, 0.29) is 5.75 Å². The lowest BCUT2D eigenvalue weighted by atomic mass is 10.1. The number of ether oxygens (including phenoxy) is 2. The zero-order chi connectivity index (χ0) is 18.4. The zero-order valence-electron chi connectivity index (χ0n) is 15.6. The summed E-state index contributed by atoms with van der Waals surface area (Å²) in [6.45, 7) is 9.37. The van der Waals surface area contributed by atoms with Crippen molar-refractivity contribution in [3.8, 4) is 0 Å². The molecule has 9 heteroatoms. The molecule has 25 heavy (non-hydrogen) atoms. The Morgan fingerprint density at radius 2 is 2.08 bits per heavy atom. The van der Waals surface area contributed by atoms with Gasteiger partial charge in [-0.2, -0.15) is 0 Å². The third kappa shape index (κ3) is 11.4. The van der Waals surface area contributed by atoms with E-state index in [4.69, 9.17) is 9.47 Å². The van der Waals surface area contributed by atoms with E-state index < -0.39 is 10.0 Å². The highest BCUT2D eigenvalue weighted by molar-refractivity contribution is 7.89.